The molecule has 16 nitrogen and oxygen atoms in total. The molecule has 0 atom stereocenters. The van der Waals surface area contributed by atoms with Gasteiger partial charge in [0.15, 0.2) is 0 Å². The molecule has 1 N–H and O–H groups in total. The molecule has 16 heteroatoms. The lowest BCUT2D eigenvalue weighted by atomic mass is 10.1. The van der Waals surface area contributed by atoms with E-state index in [1.807, 2.05) is 47.7 Å². The fourth-order valence-electron chi connectivity index (χ4n) is 10.3. The molecule has 0 radical (unpaired) electrons. The number of anilines is 3. The molecule has 6 heterocycles. The SMILES string of the molecule is CCCCN(C)C(=O)c1cc2c3c(ccc2n1C(=O)OCC)N(C(=O)c1cc2c4c(ccc2n1C(=O)OCC)N(C(=O)c1cc2c5c(ccc2n1C)N(C(=O)CCCCCO)CC5)CC4)CC3. The molecule has 0 bridgehead atoms. The number of nitrogens with zero attached hydrogens (tertiary/aromatic N) is 7. The Morgan fingerprint density at radius 2 is 1.07 bits per heavy atom. The molecule has 0 saturated heterocycles. The Bertz CT molecular complexity index is 3010. The van der Waals surface area contributed by atoms with Crippen molar-refractivity contribution in [2.24, 2.45) is 7.05 Å². The van der Waals surface area contributed by atoms with Gasteiger partial charge in [-0.05, 0) is 124 Å². The molecule has 0 aliphatic carbocycles. The Morgan fingerprint density at radius 3 is 1.63 bits per heavy atom. The van der Waals surface area contributed by atoms with Gasteiger partial charge >= 0.3 is 12.2 Å². The van der Waals surface area contributed by atoms with E-state index in [9.17, 15) is 28.8 Å². The summed E-state index contributed by atoms with van der Waals surface area (Å²) in [5.41, 5.74) is 7.52. The van der Waals surface area contributed by atoms with Crippen LogP contribution < -0.4 is 14.7 Å². The number of unbranched alkanes of at least 4 members (excludes halogenated alkanes) is 3. The van der Waals surface area contributed by atoms with Gasteiger partial charge in [-0.25, -0.2) is 18.7 Å². The molecule has 4 amide bonds. The van der Waals surface area contributed by atoms with Crippen LogP contribution in [0.1, 0.15) is 107 Å². The summed E-state index contributed by atoms with van der Waals surface area (Å²) < 4.78 is 15.5. The van der Waals surface area contributed by atoms with Gasteiger partial charge in [0.1, 0.15) is 17.1 Å². The topological polar surface area (TPSA) is 169 Å². The summed E-state index contributed by atoms with van der Waals surface area (Å²) >= 11 is 0. The molecule has 3 aromatic carbocycles. The maximum atomic E-state index is 14.9. The first kappa shape index (κ1) is 45.2. The molecule has 6 aromatic rings. The summed E-state index contributed by atoms with van der Waals surface area (Å²) in [7, 11) is 3.59. The Hall–Kier alpha value is -6.94. The molecule has 67 heavy (non-hydrogen) atoms. The lowest BCUT2D eigenvalue weighted by Crippen LogP contribution is -2.32. The zero-order chi connectivity index (χ0) is 47.3. The van der Waals surface area contributed by atoms with Crippen molar-refractivity contribution in [1.29, 1.82) is 0 Å². The highest BCUT2D eigenvalue weighted by Crippen LogP contribution is 2.42. The van der Waals surface area contributed by atoms with Crippen LogP contribution >= 0.6 is 0 Å². The Balaban J connectivity index is 1.04. The van der Waals surface area contributed by atoms with Crippen LogP contribution in [-0.4, -0.2) is 113 Å². The van der Waals surface area contributed by atoms with Crippen LogP contribution in [0.3, 0.4) is 0 Å². The summed E-state index contributed by atoms with van der Waals surface area (Å²) in [6, 6.07) is 16.4. The molecular formula is C51H57N7O9. The van der Waals surface area contributed by atoms with Crippen molar-refractivity contribution in [2.45, 2.75) is 78.6 Å². The largest absolute Gasteiger partial charge is 0.449 e. The van der Waals surface area contributed by atoms with Crippen LogP contribution in [0.25, 0.3) is 32.7 Å². The van der Waals surface area contributed by atoms with Gasteiger partial charge in [0, 0.05) is 92.0 Å². The zero-order valence-electron chi connectivity index (χ0n) is 38.9. The van der Waals surface area contributed by atoms with E-state index in [2.05, 4.69) is 0 Å². The quantitative estimate of drug-likeness (QED) is 0.114. The van der Waals surface area contributed by atoms with E-state index in [0.29, 0.717) is 90.6 Å². The molecule has 350 valence electrons. The molecule has 0 unspecified atom stereocenters. The highest BCUT2D eigenvalue weighted by atomic mass is 16.6. The Labute approximate surface area is 388 Å². The fraction of sp³-hybridized carbons (Fsp3) is 0.412. The van der Waals surface area contributed by atoms with Crippen LogP contribution in [0.15, 0.2) is 54.6 Å². The number of rotatable bonds is 13. The lowest BCUT2D eigenvalue weighted by molar-refractivity contribution is -0.118. The third-order valence-corrected chi connectivity index (χ3v) is 13.7. The number of carbonyl (C=O) groups is 6. The molecule has 0 saturated carbocycles. The fourth-order valence-corrected chi connectivity index (χ4v) is 10.3. The molecule has 0 fully saturated rings. The van der Waals surface area contributed by atoms with Crippen LogP contribution in [0, 0.1) is 0 Å². The summed E-state index contributed by atoms with van der Waals surface area (Å²) in [6.07, 6.45) is 4.59. The van der Waals surface area contributed by atoms with Crippen molar-refractivity contribution in [1.82, 2.24) is 18.6 Å². The predicted molar refractivity (Wildman–Crippen MR) is 256 cm³/mol. The Kier molecular flexibility index (Phi) is 12.4. The molecule has 3 aliphatic heterocycles. The van der Waals surface area contributed by atoms with E-state index in [1.165, 1.54) is 9.13 Å². The van der Waals surface area contributed by atoms with Crippen molar-refractivity contribution in [2.75, 3.05) is 67.7 Å². The van der Waals surface area contributed by atoms with Crippen LogP contribution in [0.2, 0.25) is 0 Å². The van der Waals surface area contributed by atoms with Crippen molar-refractivity contribution in [3.63, 3.8) is 0 Å². The number of ether oxygens (including phenoxy) is 2. The van der Waals surface area contributed by atoms with Gasteiger partial charge in [-0.1, -0.05) is 19.8 Å². The smallest absolute Gasteiger partial charge is 0.419 e. The molecule has 0 spiro atoms. The number of amides is 4. The van der Waals surface area contributed by atoms with Crippen LogP contribution in [0.4, 0.5) is 26.7 Å². The number of aryl methyl sites for hydroxylation is 1. The van der Waals surface area contributed by atoms with E-state index in [4.69, 9.17) is 14.6 Å². The Morgan fingerprint density at radius 1 is 0.597 bits per heavy atom. The summed E-state index contributed by atoms with van der Waals surface area (Å²) in [6.45, 7) is 7.57. The van der Waals surface area contributed by atoms with Crippen molar-refractivity contribution < 1.29 is 43.3 Å². The van der Waals surface area contributed by atoms with E-state index in [0.717, 1.165) is 59.0 Å². The minimum atomic E-state index is -0.701. The zero-order valence-corrected chi connectivity index (χ0v) is 38.9. The first-order valence-corrected chi connectivity index (χ1v) is 23.5. The van der Waals surface area contributed by atoms with E-state index >= 15 is 0 Å². The normalized spacial score (nSPS) is 14.0. The highest BCUT2D eigenvalue weighted by Gasteiger charge is 2.36. The number of aliphatic hydroxyl groups excluding tert-OH is 1. The molecular weight excluding hydrogens is 855 g/mol. The number of carbonyl (C=O) groups excluding carboxylic acids is 6. The standard InChI is InChI=1S/C51H57N7O9/c1-6-9-23-52(4)47(61)44-29-35-32-22-26-56(40(32)17-18-41(35)57(44)50(64)66-7-2)49(63)45-30-36-33-21-25-55(39(33)16-19-42(36)58(45)51(65)67-8-3)48(62)43-28-34-31-20-24-54(46(60)13-11-10-12-27-59)38(31)15-14-37(34)53(43)5/h14-19,28-30,59H,6-13,20-27H2,1-5H3. The average Bonchev–Trinajstić information content (AvgIpc) is 4.19. The van der Waals surface area contributed by atoms with Gasteiger partial charge in [0.05, 0.1) is 24.2 Å². The molecule has 3 aromatic heterocycles. The van der Waals surface area contributed by atoms with Crippen LogP contribution in [0.5, 0.6) is 0 Å². The highest BCUT2D eigenvalue weighted by molar-refractivity contribution is 6.16. The van der Waals surface area contributed by atoms with E-state index in [1.54, 1.807) is 65.9 Å². The predicted octanol–water partition coefficient (Wildman–Crippen LogP) is 7.82. The van der Waals surface area contributed by atoms with Gasteiger partial charge < -0.3 is 38.7 Å². The number of aromatic nitrogens is 3. The minimum Gasteiger partial charge on any atom is -0.449 e. The summed E-state index contributed by atoms with van der Waals surface area (Å²) in [5.74, 6) is -0.857. The van der Waals surface area contributed by atoms with Crippen molar-refractivity contribution >= 4 is 85.6 Å². The van der Waals surface area contributed by atoms with Crippen molar-refractivity contribution in [3.8, 4) is 0 Å². The number of hydrogen-bond acceptors (Lipinski definition) is 9. The average molecular weight is 912 g/mol. The third-order valence-electron chi connectivity index (χ3n) is 13.7. The van der Waals surface area contributed by atoms with Gasteiger partial charge in [0.2, 0.25) is 5.91 Å². The lowest BCUT2D eigenvalue weighted by Gasteiger charge is -2.19. The van der Waals surface area contributed by atoms with Gasteiger partial charge in [-0.15, -0.1) is 0 Å². The van der Waals surface area contributed by atoms with E-state index in [-0.39, 0.29) is 55.5 Å². The second kappa shape index (κ2) is 18.4. The van der Waals surface area contributed by atoms with Gasteiger partial charge in [-0.3, -0.25) is 19.2 Å². The number of benzene rings is 3. The minimum absolute atomic E-state index is 0.0635. The summed E-state index contributed by atoms with van der Waals surface area (Å²) in [5, 5.41) is 11.4. The van der Waals surface area contributed by atoms with Crippen LogP contribution in [-0.2, 0) is 40.6 Å². The maximum Gasteiger partial charge on any atom is 0.419 e. The first-order valence-electron chi connectivity index (χ1n) is 23.5. The maximum absolute atomic E-state index is 14.9. The first-order chi connectivity index (χ1) is 32.4. The number of aliphatic hydroxyl groups is 1. The second-order valence-corrected chi connectivity index (χ2v) is 17.5. The van der Waals surface area contributed by atoms with Gasteiger partial charge in [0.25, 0.3) is 17.7 Å². The second-order valence-electron chi connectivity index (χ2n) is 17.5. The third kappa shape index (κ3) is 7.60. The molecule has 3 aliphatic rings. The summed E-state index contributed by atoms with van der Waals surface area (Å²) in [4.78, 5) is 90.4. The number of fused-ring (bicyclic) bond motifs is 9. The number of hydrogen-bond donors (Lipinski definition) is 1. The van der Waals surface area contributed by atoms with E-state index < -0.39 is 18.1 Å². The van der Waals surface area contributed by atoms with Crippen molar-refractivity contribution in [3.05, 3.63) is 88.4 Å². The van der Waals surface area contributed by atoms with Gasteiger partial charge in [-0.2, -0.15) is 0 Å². The monoisotopic (exact) mass is 911 g/mol. The molecule has 9 rings (SSSR count).